The van der Waals surface area contributed by atoms with Gasteiger partial charge in [-0.25, -0.2) is 9.80 Å². The normalized spacial score (nSPS) is 15.2. The van der Waals surface area contributed by atoms with Crippen molar-refractivity contribution in [3.63, 3.8) is 0 Å². The van der Waals surface area contributed by atoms with Gasteiger partial charge in [-0.05, 0) is 42.0 Å². The van der Waals surface area contributed by atoms with Crippen LogP contribution >= 0.6 is 0 Å². The lowest BCUT2D eigenvalue weighted by Gasteiger charge is -2.08. The molecule has 0 bridgehead atoms. The molecule has 2 aromatic carbocycles. The van der Waals surface area contributed by atoms with E-state index in [2.05, 4.69) is 5.10 Å². The number of aliphatic hydroxyl groups is 1. The van der Waals surface area contributed by atoms with Crippen LogP contribution in [0.25, 0.3) is 6.08 Å². The van der Waals surface area contributed by atoms with Gasteiger partial charge in [0, 0.05) is 5.56 Å². The van der Waals surface area contributed by atoms with Crippen molar-refractivity contribution in [3.05, 3.63) is 70.8 Å². The van der Waals surface area contributed by atoms with Crippen molar-refractivity contribution in [2.45, 2.75) is 0 Å². The zero-order valence-electron chi connectivity index (χ0n) is 14.6. The molecule has 3 rings (SSSR count). The Morgan fingerprint density at radius 2 is 1.89 bits per heavy atom. The number of amides is 1. The number of carboxylic acids is 1. The molecule has 7 nitrogen and oxygen atoms in total. The number of aromatic carboxylic acids is 1. The van der Waals surface area contributed by atoms with Crippen LogP contribution in [-0.4, -0.2) is 53.1 Å². The number of carbonyl (C=O) groups excluding carboxylic acids is 1. The largest absolute Gasteiger partial charge is 0.497 e. The number of carboxylic acid groups (broad SMARTS) is 1. The number of hydrazone groups is 1. The average molecular weight is 366 g/mol. The molecule has 27 heavy (non-hydrogen) atoms. The lowest BCUT2D eigenvalue weighted by molar-refractivity contribution is -0.126. The first-order valence-corrected chi connectivity index (χ1v) is 8.25. The molecule has 1 heterocycles. The molecule has 1 aliphatic rings. The summed E-state index contributed by atoms with van der Waals surface area (Å²) in [7, 11) is 1.56. The van der Waals surface area contributed by atoms with Gasteiger partial charge in [-0.3, -0.25) is 4.79 Å². The van der Waals surface area contributed by atoms with Crippen molar-refractivity contribution < 1.29 is 24.5 Å². The number of carbonyl (C=O) groups is 2. The lowest BCUT2D eigenvalue weighted by atomic mass is 9.98. The predicted molar refractivity (Wildman–Crippen MR) is 99.7 cm³/mol. The Hall–Kier alpha value is -3.45. The molecule has 1 aliphatic heterocycles. The Labute approximate surface area is 155 Å². The van der Waals surface area contributed by atoms with Crippen LogP contribution < -0.4 is 4.74 Å². The summed E-state index contributed by atoms with van der Waals surface area (Å²) in [5, 5.41) is 24.1. The van der Waals surface area contributed by atoms with Crippen molar-refractivity contribution in [1.29, 1.82) is 0 Å². The average Bonchev–Trinajstić information content (AvgIpc) is 2.98. The maximum atomic E-state index is 12.7. The van der Waals surface area contributed by atoms with E-state index in [9.17, 15) is 19.8 Å². The third-order valence-electron chi connectivity index (χ3n) is 4.11. The Morgan fingerprint density at radius 3 is 2.52 bits per heavy atom. The third kappa shape index (κ3) is 3.73. The summed E-state index contributed by atoms with van der Waals surface area (Å²) in [5.74, 6) is -0.809. The van der Waals surface area contributed by atoms with Crippen LogP contribution in [0.5, 0.6) is 5.75 Å². The molecule has 7 heteroatoms. The molecule has 0 saturated carbocycles. The number of methoxy groups -OCH3 is 1. The van der Waals surface area contributed by atoms with E-state index in [0.717, 1.165) is 0 Å². The van der Waals surface area contributed by atoms with Gasteiger partial charge in [0.1, 0.15) is 11.5 Å². The number of nitrogens with zero attached hydrogens (tertiary/aromatic N) is 2. The molecule has 0 fully saturated rings. The van der Waals surface area contributed by atoms with Gasteiger partial charge in [-0.1, -0.05) is 18.2 Å². The van der Waals surface area contributed by atoms with Gasteiger partial charge in [0.2, 0.25) is 0 Å². The third-order valence-corrected chi connectivity index (χ3v) is 4.11. The SMILES string of the molecule is COc1ccc(C2=NN(CCO)C(=O)/C2=C\c2ccccc2C(=O)O)cc1. The van der Waals surface area contributed by atoms with E-state index in [-0.39, 0.29) is 24.3 Å². The van der Waals surface area contributed by atoms with Crippen molar-refractivity contribution >= 4 is 23.7 Å². The number of hydrogen-bond donors (Lipinski definition) is 2. The highest BCUT2D eigenvalue weighted by Crippen LogP contribution is 2.25. The molecule has 0 radical (unpaired) electrons. The topological polar surface area (TPSA) is 99.4 Å². The molecular weight excluding hydrogens is 348 g/mol. The maximum absolute atomic E-state index is 12.7. The van der Waals surface area contributed by atoms with Gasteiger partial charge in [0.25, 0.3) is 5.91 Å². The molecule has 138 valence electrons. The molecule has 0 aliphatic carbocycles. The van der Waals surface area contributed by atoms with Crippen molar-refractivity contribution in [3.8, 4) is 5.75 Å². The fraction of sp³-hybridized carbons (Fsp3) is 0.150. The Bertz CT molecular complexity index is 932. The van der Waals surface area contributed by atoms with Gasteiger partial charge in [-0.15, -0.1) is 0 Å². The van der Waals surface area contributed by atoms with Gasteiger partial charge in [0.15, 0.2) is 0 Å². The summed E-state index contributed by atoms with van der Waals surface area (Å²) in [6.07, 6.45) is 1.52. The molecule has 0 atom stereocenters. The summed E-state index contributed by atoms with van der Waals surface area (Å²) in [5.41, 5.74) is 1.86. The molecule has 0 aromatic heterocycles. The van der Waals surface area contributed by atoms with Crippen molar-refractivity contribution in [2.24, 2.45) is 5.10 Å². The van der Waals surface area contributed by atoms with Crippen LogP contribution in [0.2, 0.25) is 0 Å². The first-order chi connectivity index (χ1) is 13.0. The number of aliphatic hydroxyl groups excluding tert-OH is 1. The first kappa shape index (κ1) is 18.3. The highest BCUT2D eigenvalue weighted by Gasteiger charge is 2.31. The predicted octanol–water partition coefficient (Wildman–Crippen LogP) is 2.02. The monoisotopic (exact) mass is 366 g/mol. The molecule has 0 unspecified atom stereocenters. The molecule has 0 saturated heterocycles. The molecule has 2 N–H and O–H groups in total. The second-order valence-corrected chi connectivity index (χ2v) is 5.78. The molecular formula is C20H18N2O5. The van der Waals surface area contributed by atoms with Gasteiger partial charge in [0.05, 0.1) is 31.4 Å². The van der Waals surface area contributed by atoms with Crippen LogP contribution in [0.3, 0.4) is 0 Å². The molecule has 0 spiro atoms. The van der Waals surface area contributed by atoms with E-state index >= 15 is 0 Å². The summed E-state index contributed by atoms with van der Waals surface area (Å²) in [6.45, 7) is -0.180. The number of benzene rings is 2. The van der Waals surface area contributed by atoms with Crippen LogP contribution in [0.15, 0.2) is 59.2 Å². The standard InChI is InChI=1S/C20H18N2O5/c1-27-15-8-6-13(7-9-15)18-17(19(24)22(21-18)10-11-23)12-14-4-2-3-5-16(14)20(25)26/h2-9,12,23H,10-11H2,1H3,(H,25,26)/b17-12-. The van der Waals surface area contributed by atoms with Crippen LogP contribution in [-0.2, 0) is 4.79 Å². The second-order valence-electron chi connectivity index (χ2n) is 5.78. The van der Waals surface area contributed by atoms with E-state index in [4.69, 9.17) is 4.74 Å². The molecule has 1 amide bonds. The van der Waals surface area contributed by atoms with E-state index in [1.807, 2.05) is 0 Å². The lowest BCUT2D eigenvalue weighted by Crippen LogP contribution is -2.25. The second kappa shape index (κ2) is 7.84. The van der Waals surface area contributed by atoms with Gasteiger partial charge in [-0.2, -0.15) is 5.10 Å². The van der Waals surface area contributed by atoms with Crippen LogP contribution in [0.4, 0.5) is 0 Å². The van der Waals surface area contributed by atoms with Crippen molar-refractivity contribution in [1.82, 2.24) is 5.01 Å². The quantitative estimate of drug-likeness (QED) is 0.762. The summed E-state index contributed by atoms with van der Waals surface area (Å²) in [6, 6.07) is 13.5. The maximum Gasteiger partial charge on any atom is 0.336 e. The van der Waals surface area contributed by atoms with Gasteiger partial charge >= 0.3 is 5.97 Å². The smallest absolute Gasteiger partial charge is 0.336 e. The van der Waals surface area contributed by atoms with E-state index < -0.39 is 11.9 Å². The minimum Gasteiger partial charge on any atom is -0.497 e. The van der Waals surface area contributed by atoms with Crippen LogP contribution in [0.1, 0.15) is 21.5 Å². The highest BCUT2D eigenvalue weighted by molar-refractivity contribution is 6.33. The van der Waals surface area contributed by atoms with Crippen molar-refractivity contribution in [2.75, 3.05) is 20.3 Å². The van der Waals surface area contributed by atoms with Crippen LogP contribution in [0, 0.1) is 0 Å². The minimum absolute atomic E-state index is 0.0520. The zero-order chi connectivity index (χ0) is 19.4. The van der Waals surface area contributed by atoms with E-state index in [0.29, 0.717) is 22.6 Å². The van der Waals surface area contributed by atoms with Gasteiger partial charge < -0.3 is 14.9 Å². The fourth-order valence-electron chi connectivity index (χ4n) is 2.77. The van der Waals surface area contributed by atoms with E-state index in [1.165, 1.54) is 17.2 Å². The summed E-state index contributed by atoms with van der Waals surface area (Å²) < 4.78 is 5.15. The highest BCUT2D eigenvalue weighted by atomic mass is 16.5. The zero-order valence-corrected chi connectivity index (χ0v) is 14.6. The van der Waals surface area contributed by atoms with E-state index in [1.54, 1.807) is 49.6 Å². The summed E-state index contributed by atoms with van der Waals surface area (Å²) in [4.78, 5) is 24.2. The fourth-order valence-corrected chi connectivity index (χ4v) is 2.77. The number of hydrogen-bond acceptors (Lipinski definition) is 5. The Balaban J connectivity index is 2.09. The number of ether oxygens (including phenoxy) is 1. The Morgan fingerprint density at radius 1 is 1.19 bits per heavy atom. The molecule has 2 aromatic rings. The summed E-state index contributed by atoms with van der Waals surface area (Å²) >= 11 is 0. The minimum atomic E-state index is -1.08. The number of β-amino-alcohol motifs (C(OH)–C–C–N with tert-alkyl or cyclic N) is 1. The first-order valence-electron chi connectivity index (χ1n) is 8.25. The number of rotatable bonds is 6. The Kier molecular flexibility index (Phi) is 5.33.